The standard InChI is InChI=1S/C16H19BrN2O2S/c1-9(2)8-19-15(21)13-7-12(17)5-6-14(13)18-16(19)22-11(4)10(3)20/h5-7,9,11H,8H2,1-4H3. The first-order valence-corrected chi connectivity index (χ1v) is 8.84. The molecule has 0 N–H and O–H groups in total. The first-order valence-electron chi connectivity index (χ1n) is 7.16. The van der Waals surface area contributed by atoms with Crippen LogP contribution in [0.2, 0.25) is 0 Å². The van der Waals surface area contributed by atoms with Gasteiger partial charge in [-0.25, -0.2) is 4.98 Å². The third kappa shape index (κ3) is 3.79. The van der Waals surface area contributed by atoms with Crippen LogP contribution in [0.3, 0.4) is 0 Å². The molecule has 1 atom stereocenters. The van der Waals surface area contributed by atoms with Crippen LogP contribution in [0.15, 0.2) is 32.6 Å². The quantitative estimate of drug-likeness (QED) is 0.581. The number of rotatable bonds is 5. The molecule has 0 amide bonds. The van der Waals surface area contributed by atoms with Crippen molar-refractivity contribution >= 4 is 44.4 Å². The Kier molecular flexibility index (Phi) is 5.45. The number of Topliss-reactive ketones (excluding diaryl/α,β-unsaturated/α-hetero) is 1. The fourth-order valence-corrected chi connectivity index (χ4v) is 3.31. The van der Waals surface area contributed by atoms with E-state index in [1.807, 2.05) is 19.1 Å². The van der Waals surface area contributed by atoms with E-state index < -0.39 is 0 Å². The van der Waals surface area contributed by atoms with E-state index in [0.717, 1.165) is 4.47 Å². The van der Waals surface area contributed by atoms with Crippen molar-refractivity contribution in [1.82, 2.24) is 9.55 Å². The fourth-order valence-electron chi connectivity index (χ4n) is 2.03. The molecule has 118 valence electrons. The number of fused-ring (bicyclic) bond motifs is 1. The number of hydrogen-bond acceptors (Lipinski definition) is 4. The summed E-state index contributed by atoms with van der Waals surface area (Å²) < 4.78 is 2.54. The molecule has 6 heteroatoms. The van der Waals surface area contributed by atoms with Crippen LogP contribution >= 0.6 is 27.7 Å². The van der Waals surface area contributed by atoms with Crippen molar-refractivity contribution in [2.45, 2.75) is 44.6 Å². The highest BCUT2D eigenvalue weighted by molar-refractivity contribution is 9.10. The molecule has 0 radical (unpaired) electrons. The molecule has 0 fully saturated rings. The minimum Gasteiger partial charge on any atom is -0.299 e. The van der Waals surface area contributed by atoms with Gasteiger partial charge < -0.3 is 0 Å². The highest BCUT2D eigenvalue weighted by Gasteiger charge is 2.17. The lowest BCUT2D eigenvalue weighted by molar-refractivity contribution is -0.116. The second kappa shape index (κ2) is 6.96. The van der Waals surface area contributed by atoms with Gasteiger partial charge in [0.1, 0.15) is 5.78 Å². The summed E-state index contributed by atoms with van der Waals surface area (Å²) in [5.41, 5.74) is 0.602. The highest BCUT2D eigenvalue weighted by atomic mass is 79.9. The van der Waals surface area contributed by atoms with Crippen molar-refractivity contribution < 1.29 is 4.79 Å². The topological polar surface area (TPSA) is 52.0 Å². The maximum atomic E-state index is 12.8. The normalized spacial score (nSPS) is 12.8. The number of carbonyl (C=O) groups excluding carboxylic acids is 1. The van der Waals surface area contributed by atoms with Crippen molar-refractivity contribution in [1.29, 1.82) is 0 Å². The number of aromatic nitrogens is 2. The van der Waals surface area contributed by atoms with E-state index in [1.54, 1.807) is 17.6 Å². The van der Waals surface area contributed by atoms with E-state index >= 15 is 0 Å². The summed E-state index contributed by atoms with van der Waals surface area (Å²) >= 11 is 4.74. The number of hydrogen-bond donors (Lipinski definition) is 0. The second-order valence-corrected chi connectivity index (χ2v) is 7.96. The van der Waals surface area contributed by atoms with Crippen molar-refractivity contribution in [3.63, 3.8) is 0 Å². The summed E-state index contributed by atoms with van der Waals surface area (Å²) in [4.78, 5) is 28.9. The highest BCUT2D eigenvalue weighted by Crippen LogP contribution is 2.24. The molecule has 0 saturated carbocycles. The van der Waals surface area contributed by atoms with Crippen molar-refractivity contribution in [3.8, 4) is 0 Å². The Balaban J connectivity index is 2.64. The number of ketones is 1. The van der Waals surface area contributed by atoms with Gasteiger partial charge in [-0.05, 0) is 38.0 Å². The number of halogens is 1. The van der Waals surface area contributed by atoms with Gasteiger partial charge in [-0.3, -0.25) is 14.2 Å². The molecule has 2 aromatic rings. The van der Waals surface area contributed by atoms with Gasteiger partial charge in [0.05, 0.1) is 16.2 Å². The lowest BCUT2D eigenvalue weighted by atomic mass is 10.2. The Morgan fingerprint density at radius 3 is 2.64 bits per heavy atom. The first kappa shape index (κ1) is 17.2. The molecular weight excluding hydrogens is 364 g/mol. The molecule has 1 heterocycles. The molecule has 0 aliphatic rings. The van der Waals surface area contributed by atoms with Crippen molar-refractivity contribution in [3.05, 3.63) is 33.0 Å². The van der Waals surface area contributed by atoms with Gasteiger partial charge in [0.25, 0.3) is 5.56 Å². The van der Waals surface area contributed by atoms with Gasteiger partial charge in [-0.15, -0.1) is 0 Å². The van der Waals surface area contributed by atoms with Gasteiger partial charge in [-0.1, -0.05) is 41.5 Å². The monoisotopic (exact) mass is 382 g/mol. The Morgan fingerprint density at radius 2 is 2.05 bits per heavy atom. The molecule has 0 spiro atoms. The molecule has 22 heavy (non-hydrogen) atoms. The average molecular weight is 383 g/mol. The summed E-state index contributed by atoms with van der Waals surface area (Å²) in [6.45, 7) is 8.09. The van der Waals surface area contributed by atoms with Crippen LogP contribution in [0.1, 0.15) is 27.7 Å². The van der Waals surface area contributed by atoms with Gasteiger partial charge in [0.2, 0.25) is 0 Å². The van der Waals surface area contributed by atoms with Crippen LogP contribution in [-0.2, 0) is 11.3 Å². The molecule has 1 aromatic heterocycles. The molecule has 0 bridgehead atoms. The molecule has 0 aliphatic carbocycles. The van der Waals surface area contributed by atoms with Crippen LogP contribution in [0.5, 0.6) is 0 Å². The van der Waals surface area contributed by atoms with Gasteiger partial charge in [0.15, 0.2) is 5.16 Å². The van der Waals surface area contributed by atoms with E-state index in [4.69, 9.17) is 0 Å². The number of nitrogens with zero attached hydrogens (tertiary/aromatic N) is 2. The summed E-state index contributed by atoms with van der Waals surface area (Å²) in [6, 6.07) is 5.48. The minimum absolute atomic E-state index is 0.0572. The molecule has 1 unspecified atom stereocenters. The molecule has 0 saturated heterocycles. The van der Waals surface area contributed by atoms with E-state index in [0.29, 0.717) is 28.5 Å². The van der Waals surface area contributed by atoms with E-state index in [-0.39, 0.29) is 16.6 Å². The Labute approximate surface area is 142 Å². The lowest BCUT2D eigenvalue weighted by Crippen LogP contribution is -2.26. The Bertz CT molecular complexity index is 771. The fraction of sp³-hybridized carbons (Fsp3) is 0.438. The number of carbonyl (C=O) groups is 1. The van der Waals surface area contributed by atoms with Crippen LogP contribution in [0, 0.1) is 5.92 Å². The van der Waals surface area contributed by atoms with Crippen molar-refractivity contribution in [2.75, 3.05) is 0 Å². The predicted octanol–water partition coefficient (Wildman–Crippen LogP) is 3.88. The van der Waals surface area contributed by atoms with Crippen molar-refractivity contribution in [2.24, 2.45) is 5.92 Å². The first-order chi connectivity index (χ1) is 10.3. The van der Waals surface area contributed by atoms with Gasteiger partial charge in [-0.2, -0.15) is 0 Å². The average Bonchev–Trinajstić information content (AvgIpc) is 2.43. The van der Waals surface area contributed by atoms with Crippen LogP contribution in [-0.4, -0.2) is 20.6 Å². The molecule has 0 aliphatic heterocycles. The predicted molar refractivity (Wildman–Crippen MR) is 94.5 cm³/mol. The summed E-state index contributed by atoms with van der Waals surface area (Å²) in [7, 11) is 0. The largest absolute Gasteiger partial charge is 0.299 e. The minimum atomic E-state index is -0.224. The maximum absolute atomic E-state index is 12.8. The molecule has 1 aromatic carbocycles. The molecular formula is C16H19BrN2O2S. The molecule has 4 nitrogen and oxygen atoms in total. The third-order valence-electron chi connectivity index (χ3n) is 3.28. The van der Waals surface area contributed by atoms with Gasteiger partial charge in [0, 0.05) is 11.0 Å². The van der Waals surface area contributed by atoms with E-state index in [9.17, 15) is 9.59 Å². The zero-order chi connectivity index (χ0) is 16.4. The van der Waals surface area contributed by atoms with E-state index in [2.05, 4.69) is 34.8 Å². The summed E-state index contributed by atoms with van der Waals surface area (Å²) in [5, 5.41) is 0.976. The Hall–Kier alpha value is -1.14. The third-order valence-corrected chi connectivity index (χ3v) is 4.98. The zero-order valence-electron chi connectivity index (χ0n) is 13.1. The second-order valence-electron chi connectivity index (χ2n) is 5.74. The summed E-state index contributed by atoms with van der Waals surface area (Å²) in [5.74, 6) is 0.391. The Morgan fingerprint density at radius 1 is 1.36 bits per heavy atom. The van der Waals surface area contributed by atoms with E-state index in [1.165, 1.54) is 11.8 Å². The SMILES string of the molecule is CC(=O)C(C)Sc1nc2ccc(Br)cc2c(=O)n1CC(C)C. The molecule has 2 rings (SSSR count). The van der Waals surface area contributed by atoms with Crippen LogP contribution < -0.4 is 5.56 Å². The smallest absolute Gasteiger partial charge is 0.262 e. The zero-order valence-corrected chi connectivity index (χ0v) is 15.5. The van der Waals surface area contributed by atoms with Crippen LogP contribution in [0.25, 0.3) is 10.9 Å². The number of benzene rings is 1. The lowest BCUT2D eigenvalue weighted by Gasteiger charge is -2.16. The van der Waals surface area contributed by atoms with Crippen LogP contribution in [0.4, 0.5) is 0 Å². The number of thioether (sulfide) groups is 1. The van der Waals surface area contributed by atoms with Gasteiger partial charge >= 0.3 is 0 Å². The maximum Gasteiger partial charge on any atom is 0.262 e. The summed E-state index contributed by atoms with van der Waals surface area (Å²) in [6.07, 6.45) is 0.